The van der Waals surface area contributed by atoms with Crippen LogP contribution in [0.15, 0.2) is 12.1 Å². The van der Waals surface area contributed by atoms with Crippen LogP contribution in [0.4, 0.5) is 4.79 Å². The minimum atomic E-state index is -0.326. The van der Waals surface area contributed by atoms with Crippen molar-refractivity contribution in [3.63, 3.8) is 0 Å². The number of aliphatic hydroxyl groups excluding tert-OH is 1. The first-order chi connectivity index (χ1) is 9.10. The fourth-order valence-corrected chi connectivity index (χ4v) is 2.24. The Bertz CT molecular complexity index is 479. The number of benzene rings is 1. The summed E-state index contributed by atoms with van der Waals surface area (Å²) in [5.41, 5.74) is 1.94. The van der Waals surface area contributed by atoms with E-state index in [2.05, 4.69) is 10.6 Å². The lowest BCUT2D eigenvalue weighted by molar-refractivity contribution is 0.220. The predicted octanol–water partition coefficient (Wildman–Crippen LogP) is 1.45. The van der Waals surface area contributed by atoms with E-state index in [4.69, 9.17) is 21.4 Å². The number of rotatable bonds is 4. The van der Waals surface area contributed by atoms with E-state index in [1.165, 1.54) is 0 Å². The molecule has 0 saturated carbocycles. The lowest BCUT2D eigenvalue weighted by atomic mass is 10.1. The fourth-order valence-electron chi connectivity index (χ4n) is 1.97. The first-order valence-corrected chi connectivity index (χ1v) is 6.57. The summed E-state index contributed by atoms with van der Waals surface area (Å²) in [6.07, 6.45) is 0.844. The quantitative estimate of drug-likeness (QED) is 0.784. The Labute approximate surface area is 116 Å². The van der Waals surface area contributed by atoms with Gasteiger partial charge in [0.05, 0.1) is 19.3 Å². The second kappa shape index (κ2) is 6.12. The molecule has 1 aliphatic rings. The summed E-state index contributed by atoms with van der Waals surface area (Å²) in [6.45, 7) is 2.62. The number of amides is 2. The van der Waals surface area contributed by atoms with Crippen molar-refractivity contribution >= 4 is 17.6 Å². The SMILES string of the molecule is C[C@@H](CO)NC(=O)NCc1cc(Cl)cc2c1OCC2. The van der Waals surface area contributed by atoms with Crippen molar-refractivity contribution < 1.29 is 14.6 Å². The molecule has 0 bridgehead atoms. The lowest BCUT2D eigenvalue weighted by Gasteiger charge is -2.13. The van der Waals surface area contributed by atoms with E-state index in [1.54, 1.807) is 13.0 Å². The van der Waals surface area contributed by atoms with Gasteiger partial charge in [0, 0.05) is 23.6 Å². The Morgan fingerprint density at radius 1 is 1.58 bits per heavy atom. The van der Waals surface area contributed by atoms with Gasteiger partial charge in [-0.1, -0.05) is 11.6 Å². The summed E-state index contributed by atoms with van der Waals surface area (Å²) in [4.78, 5) is 11.6. The Morgan fingerprint density at radius 3 is 3.11 bits per heavy atom. The van der Waals surface area contributed by atoms with Gasteiger partial charge < -0.3 is 20.5 Å². The molecule has 0 aromatic heterocycles. The number of carbonyl (C=O) groups is 1. The molecule has 1 aliphatic heterocycles. The van der Waals surface area contributed by atoms with Gasteiger partial charge in [0.15, 0.2) is 0 Å². The number of hydrogen-bond donors (Lipinski definition) is 3. The zero-order valence-electron chi connectivity index (χ0n) is 10.7. The van der Waals surface area contributed by atoms with Gasteiger partial charge in [-0.25, -0.2) is 4.79 Å². The average Bonchev–Trinajstić information content (AvgIpc) is 2.83. The van der Waals surface area contributed by atoms with Gasteiger partial charge >= 0.3 is 6.03 Å². The number of ether oxygens (including phenoxy) is 1. The molecular formula is C13H17ClN2O3. The number of halogens is 1. The van der Waals surface area contributed by atoms with Crippen LogP contribution in [0.3, 0.4) is 0 Å². The average molecular weight is 285 g/mol. The molecule has 104 valence electrons. The molecular weight excluding hydrogens is 268 g/mol. The van der Waals surface area contributed by atoms with Crippen molar-refractivity contribution in [2.75, 3.05) is 13.2 Å². The van der Waals surface area contributed by atoms with Gasteiger partial charge in [-0.3, -0.25) is 0 Å². The predicted molar refractivity (Wildman–Crippen MR) is 72.6 cm³/mol. The maximum absolute atomic E-state index is 11.6. The van der Waals surface area contributed by atoms with E-state index in [9.17, 15) is 4.79 Å². The zero-order chi connectivity index (χ0) is 13.8. The van der Waals surface area contributed by atoms with Gasteiger partial charge in [0.1, 0.15) is 5.75 Å². The monoisotopic (exact) mass is 284 g/mol. The second-order valence-corrected chi connectivity index (χ2v) is 5.00. The van der Waals surface area contributed by atoms with E-state index >= 15 is 0 Å². The van der Waals surface area contributed by atoms with Crippen molar-refractivity contribution in [1.82, 2.24) is 10.6 Å². The van der Waals surface area contributed by atoms with Crippen LogP contribution in [0.2, 0.25) is 5.02 Å². The molecule has 6 heteroatoms. The number of nitrogens with one attached hydrogen (secondary N) is 2. The van der Waals surface area contributed by atoms with Crippen molar-refractivity contribution in [2.24, 2.45) is 0 Å². The third kappa shape index (κ3) is 3.52. The molecule has 3 N–H and O–H groups in total. The number of urea groups is 1. The van der Waals surface area contributed by atoms with Crippen LogP contribution in [0.5, 0.6) is 5.75 Å². The standard InChI is InChI=1S/C13H17ClN2O3/c1-8(7-17)16-13(18)15-6-10-5-11(14)4-9-2-3-19-12(9)10/h4-5,8,17H,2-3,6-7H2,1H3,(H2,15,16,18)/t8-/m0/s1. The molecule has 1 atom stereocenters. The van der Waals surface area contributed by atoms with E-state index < -0.39 is 0 Å². The van der Waals surface area contributed by atoms with Gasteiger partial charge in [-0.15, -0.1) is 0 Å². The van der Waals surface area contributed by atoms with E-state index in [0.717, 1.165) is 23.3 Å². The number of fused-ring (bicyclic) bond motifs is 1. The summed E-state index contributed by atoms with van der Waals surface area (Å²) in [5, 5.41) is 14.8. The van der Waals surface area contributed by atoms with Gasteiger partial charge in [0.2, 0.25) is 0 Å². The van der Waals surface area contributed by atoms with Crippen molar-refractivity contribution in [1.29, 1.82) is 0 Å². The second-order valence-electron chi connectivity index (χ2n) is 4.56. The Morgan fingerprint density at radius 2 is 2.37 bits per heavy atom. The molecule has 0 spiro atoms. The Balaban J connectivity index is 1.98. The third-order valence-corrected chi connectivity index (χ3v) is 3.13. The Kier molecular flexibility index (Phi) is 4.50. The molecule has 0 saturated heterocycles. The van der Waals surface area contributed by atoms with Crippen LogP contribution in [0, 0.1) is 0 Å². The van der Waals surface area contributed by atoms with Crippen LogP contribution in [-0.2, 0) is 13.0 Å². The van der Waals surface area contributed by atoms with E-state index in [-0.39, 0.29) is 18.7 Å². The minimum absolute atomic E-state index is 0.0942. The van der Waals surface area contributed by atoms with Gasteiger partial charge in [-0.2, -0.15) is 0 Å². The maximum Gasteiger partial charge on any atom is 0.315 e. The molecule has 2 rings (SSSR count). The summed E-state index contributed by atoms with van der Waals surface area (Å²) >= 11 is 6.03. The highest BCUT2D eigenvalue weighted by Crippen LogP contribution is 2.32. The minimum Gasteiger partial charge on any atom is -0.493 e. The number of hydrogen-bond acceptors (Lipinski definition) is 3. The van der Waals surface area contributed by atoms with E-state index in [0.29, 0.717) is 18.2 Å². The highest BCUT2D eigenvalue weighted by atomic mass is 35.5. The van der Waals surface area contributed by atoms with Crippen LogP contribution in [-0.4, -0.2) is 30.4 Å². The lowest BCUT2D eigenvalue weighted by Crippen LogP contribution is -2.41. The topological polar surface area (TPSA) is 70.6 Å². The fraction of sp³-hybridized carbons (Fsp3) is 0.462. The third-order valence-electron chi connectivity index (χ3n) is 2.92. The molecule has 1 aromatic carbocycles. The summed E-state index contributed by atoms with van der Waals surface area (Å²) in [6, 6.07) is 3.08. The molecule has 1 aromatic rings. The highest BCUT2D eigenvalue weighted by Gasteiger charge is 2.18. The van der Waals surface area contributed by atoms with Crippen LogP contribution < -0.4 is 15.4 Å². The van der Waals surface area contributed by atoms with Crippen molar-refractivity contribution in [3.8, 4) is 5.75 Å². The van der Waals surface area contributed by atoms with E-state index in [1.807, 2.05) is 6.07 Å². The smallest absolute Gasteiger partial charge is 0.315 e. The normalized spacial score (nSPS) is 14.5. The molecule has 19 heavy (non-hydrogen) atoms. The summed E-state index contributed by atoms with van der Waals surface area (Å²) in [7, 11) is 0. The molecule has 0 unspecified atom stereocenters. The van der Waals surface area contributed by atoms with Crippen LogP contribution >= 0.6 is 11.6 Å². The molecule has 0 radical (unpaired) electrons. The molecule has 5 nitrogen and oxygen atoms in total. The molecule has 0 fully saturated rings. The zero-order valence-corrected chi connectivity index (χ0v) is 11.5. The first-order valence-electron chi connectivity index (χ1n) is 6.19. The number of carbonyl (C=O) groups excluding carboxylic acids is 1. The molecule has 2 amide bonds. The van der Waals surface area contributed by atoms with Crippen molar-refractivity contribution in [2.45, 2.75) is 25.9 Å². The molecule has 0 aliphatic carbocycles. The van der Waals surface area contributed by atoms with Crippen LogP contribution in [0.25, 0.3) is 0 Å². The Hall–Kier alpha value is -1.46. The van der Waals surface area contributed by atoms with Gasteiger partial charge in [-0.05, 0) is 24.6 Å². The summed E-state index contributed by atoms with van der Waals surface area (Å²) in [5.74, 6) is 0.819. The summed E-state index contributed by atoms with van der Waals surface area (Å²) < 4.78 is 5.55. The van der Waals surface area contributed by atoms with Crippen molar-refractivity contribution in [3.05, 3.63) is 28.3 Å². The van der Waals surface area contributed by atoms with Crippen LogP contribution in [0.1, 0.15) is 18.1 Å². The highest BCUT2D eigenvalue weighted by molar-refractivity contribution is 6.30. The first kappa shape index (κ1) is 14.0. The van der Waals surface area contributed by atoms with Gasteiger partial charge in [0.25, 0.3) is 0 Å². The maximum atomic E-state index is 11.6. The number of aliphatic hydroxyl groups is 1. The largest absolute Gasteiger partial charge is 0.493 e. The molecule has 1 heterocycles.